The lowest BCUT2D eigenvalue weighted by Crippen LogP contribution is -2.39. The molecule has 0 atom stereocenters. The second kappa shape index (κ2) is 6.94. The minimum Gasteiger partial charge on any atom is -0.382 e. The minimum absolute atomic E-state index is 0.199. The Morgan fingerprint density at radius 2 is 1.83 bits per heavy atom. The number of hydrogen-bond donors (Lipinski definition) is 1. The van der Waals surface area contributed by atoms with Gasteiger partial charge in [0.2, 0.25) is 0 Å². The van der Waals surface area contributed by atoms with Crippen molar-refractivity contribution in [3.63, 3.8) is 0 Å². The number of hydrogen-bond acceptors (Lipinski definition) is 4. The summed E-state index contributed by atoms with van der Waals surface area (Å²) >= 11 is 0. The normalized spacial score (nSPS) is 15.9. The van der Waals surface area contributed by atoms with E-state index in [4.69, 9.17) is 0 Å². The predicted molar refractivity (Wildman–Crippen MR) is 91.4 cm³/mol. The third-order valence-electron chi connectivity index (χ3n) is 4.21. The number of piperidine rings is 1. The van der Waals surface area contributed by atoms with Crippen LogP contribution in [0.5, 0.6) is 0 Å². The van der Waals surface area contributed by atoms with Crippen molar-refractivity contribution in [1.82, 2.24) is 9.97 Å². The molecule has 1 aliphatic heterocycles. The first-order chi connectivity index (χ1) is 11.1. The molecule has 1 fully saturated rings. The van der Waals surface area contributed by atoms with Gasteiger partial charge in [-0.15, -0.1) is 0 Å². The van der Waals surface area contributed by atoms with Gasteiger partial charge in [0.05, 0.1) is 0 Å². The highest BCUT2D eigenvalue weighted by molar-refractivity contribution is 5.45. The fraction of sp³-hybridized carbons (Fsp3) is 0.444. The summed E-state index contributed by atoms with van der Waals surface area (Å²) in [5.41, 5.74) is 0.981. The van der Waals surface area contributed by atoms with Crippen molar-refractivity contribution >= 4 is 11.5 Å². The van der Waals surface area contributed by atoms with Crippen LogP contribution in [0.3, 0.4) is 0 Å². The Morgan fingerprint density at radius 3 is 2.48 bits per heavy atom. The van der Waals surface area contributed by atoms with E-state index < -0.39 is 0 Å². The summed E-state index contributed by atoms with van der Waals surface area (Å²) in [7, 11) is 0. The van der Waals surface area contributed by atoms with Crippen molar-refractivity contribution in [3.8, 4) is 0 Å². The van der Waals surface area contributed by atoms with Gasteiger partial charge in [-0.2, -0.15) is 0 Å². The van der Waals surface area contributed by atoms with Crippen LogP contribution in [0.4, 0.5) is 15.9 Å². The molecule has 1 aliphatic rings. The van der Waals surface area contributed by atoms with E-state index in [1.54, 1.807) is 12.1 Å². The van der Waals surface area contributed by atoms with Gasteiger partial charge in [-0.1, -0.05) is 13.8 Å². The summed E-state index contributed by atoms with van der Waals surface area (Å²) in [5.74, 6) is 2.06. The highest BCUT2D eigenvalue weighted by atomic mass is 19.1. The van der Waals surface area contributed by atoms with E-state index in [2.05, 4.69) is 34.0 Å². The molecule has 0 bridgehead atoms. The van der Waals surface area contributed by atoms with E-state index >= 15 is 0 Å². The Hall–Kier alpha value is -2.17. The summed E-state index contributed by atoms with van der Waals surface area (Å²) in [6.45, 7) is 6.15. The van der Waals surface area contributed by atoms with Crippen LogP contribution in [0.2, 0.25) is 0 Å². The Balaban J connectivity index is 1.58. The van der Waals surface area contributed by atoms with Crippen molar-refractivity contribution in [2.45, 2.75) is 38.6 Å². The maximum Gasteiger partial charge on any atom is 0.133 e. The van der Waals surface area contributed by atoms with E-state index in [0.29, 0.717) is 12.0 Å². The van der Waals surface area contributed by atoms with Crippen LogP contribution in [0, 0.1) is 5.82 Å². The van der Waals surface area contributed by atoms with Crippen LogP contribution < -0.4 is 10.2 Å². The largest absolute Gasteiger partial charge is 0.382 e. The van der Waals surface area contributed by atoms with Crippen molar-refractivity contribution in [2.75, 3.05) is 23.3 Å². The molecule has 0 radical (unpaired) electrons. The smallest absolute Gasteiger partial charge is 0.133 e. The summed E-state index contributed by atoms with van der Waals surface area (Å²) in [5, 5.41) is 3.48. The molecule has 0 unspecified atom stereocenters. The van der Waals surface area contributed by atoms with E-state index in [1.165, 1.54) is 12.1 Å². The van der Waals surface area contributed by atoms with Gasteiger partial charge in [0.15, 0.2) is 0 Å². The molecule has 2 heterocycles. The first-order valence-electron chi connectivity index (χ1n) is 8.22. The molecule has 0 spiro atoms. The van der Waals surface area contributed by atoms with E-state index in [1.807, 2.05) is 12.3 Å². The van der Waals surface area contributed by atoms with Crippen LogP contribution in [0.1, 0.15) is 38.4 Å². The van der Waals surface area contributed by atoms with Crippen molar-refractivity contribution in [1.29, 1.82) is 0 Å². The lowest BCUT2D eigenvalue weighted by molar-refractivity contribution is 0.522. The van der Waals surface area contributed by atoms with Crippen molar-refractivity contribution in [2.24, 2.45) is 0 Å². The molecular formula is C18H23FN4. The fourth-order valence-corrected chi connectivity index (χ4v) is 2.85. The lowest BCUT2D eigenvalue weighted by Gasteiger charge is -2.33. The van der Waals surface area contributed by atoms with Crippen LogP contribution >= 0.6 is 0 Å². The summed E-state index contributed by atoms with van der Waals surface area (Å²) in [4.78, 5) is 11.3. The minimum atomic E-state index is -0.199. The SMILES string of the molecule is CC(C)c1nccc(N2CCC(Nc3ccc(F)cc3)CC2)n1. The molecule has 1 aromatic carbocycles. The van der Waals surface area contributed by atoms with Gasteiger partial charge >= 0.3 is 0 Å². The fourth-order valence-electron chi connectivity index (χ4n) is 2.85. The molecule has 1 saturated heterocycles. The monoisotopic (exact) mass is 314 g/mol. The van der Waals surface area contributed by atoms with Gasteiger partial charge in [-0.3, -0.25) is 0 Å². The number of aromatic nitrogens is 2. The van der Waals surface area contributed by atoms with E-state index in [-0.39, 0.29) is 5.82 Å². The lowest BCUT2D eigenvalue weighted by atomic mass is 10.0. The van der Waals surface area contributed by atoms with Crippen molar-refractivity contribution in [3.05, 3.63) is 48.2 Å². The second-order valence-corrected chi connectivity index (χ2v) is 6.34. The number of benzene rings is 1. The maximum atomic E-state index is 12.9. The molecule has 1 aromatic heterocycles. The van der Waals surface area contributed by atoms with Crippen molar-refractivity contribution < 1.29 is 4.39 Å². The molecule has 122 valence electrons. The van der Waals surface area contributed by atoms with E-state index in [9.17, 15) is 4.39 Å². The standard InChI is InChI=1S/C18H23FN4/c1-13(2)18-20-10-7-17(22-18)23-11-8-16(9-12-23)21-15-5-3-14(19)4-6-15/h3-7,10,13,16,21H,8-9,11-12H2,1-2H3. The molecule has 1 N–H and O–H groups in total. The average Bonchev–Trinajstić information content (AvgIpc) is 2.58. The summed E-state index contributed by atoms with van der Waals surface area (Å²) in [6.07, 6.45) is 3.93. The number of nitrogens with zero attached hydrogens (tertiary/aromatic N) is 3. The molecule has 4 nitrogen and oxygen atoms in total. The zero-order chi connectivity index (χ0) is 16.2. The number of nitrogens with one attached hydrogen (secondary N) is 1. The highest BCUT2D eigenvalue weighted by Gasteiger charge is 2.20. The third-order valence-corrected chi connectivity index (χ3v) is 4.21. The van der Waals surface area contributed by atoms with E-state index in [0.717, 1.165) is 43.3 Å². The highest BCUT2D eigenvalue weighted by Crippen LogP contribution is 2.22. The van der Waals surface area contributed by atoms with Gasteiger partial charge in [0.25, 0.3) is 0 Å². The van der Waals surface area contributed by atoms with Crippen LogP contribution in [-0.4, -0.2) is 29.1 Å². The summed E-state index contributed by atoms with van der Waals surface area (Å²) in [6, 6.07) is 8.97. The van der Waals surface area contributed by atoms with Crippen LogP contribution in [-0.2, 0) is 0 Å². The molecule has 0 saturated carbocycles. The number of rotatable bonds is 4. The average molecular weight is 314 g/mol. The van der Waals surface area contributed by atoms with Gasteiger partial charge < -0.3 is 10.2 Å². The quantitative estimate of drug-likeness (QED) is 0.931. The van der Waals surface area contributed by atoms with Gasteiger partial charge in [0.1, 0.15) is 17.5 Å². The second-order valence-electron chi connectivity index (χ2n) is 6.34. The maximum absolute atomic E-state index is 12.9. The number of halogens is 1. The Bertz CT molecular complexity index is 634. The molecular weight excluding hydrogens is 291 g/mol. The zero-order valence-corrected chi connectivity index (χ0v) is 13.7. The topological polar surface area (TPSA) is 41.1 Å². The van der Waals surface area contributed by atoms with Gasteiger partial charge in [-0.05, 0) is 43.2 Å². The predicted octanol–water partition coefficient (Wildman–Crippen LogP) is 3.82. The Morgan fingerprint density at radius 1 is 1.13 bits per heavy atom. The molecule has 3 rings (SSSR count). The Labute approximate surface area is 136 Å². The van der Waals surface area contributed by atoms with Crippen LogP contribution in [0.15, 0.2) is 36.5 Å². The molecule has 0 amide bonds. The molecule has 23 heavy (non-hydrogen) atoms. The van der Waals surface area contributed by atoms with Gasteiger partial charge in [-0.25, -0.2) is 14.4 Å². The zero-order valence-electron chi connectivity index (χ0n) is 13.7. The first kappa shape index (κ1) is 15.7. The van der Waals surface area contributed by atoms with Crippen LogP contribution in [0.25, 0.3) is 0 Å². The molecule has 0 aliphatic carbocycles. The molecule has 2 aromatic rings. The number of anilines is 2. The third kappa shape index (κ3) is 3.97. The summed E-state index contributed by atoms with van der Waals surface area (Å²) < 4.78 is 12.9. The first-order valence-corrected chi connectivity index (χ1v) is 8.22. The molecule has 5 heteroatoms. The Kier molecular flexibility index (Phi) is 4.74. The van der Waals surface area contributed by atoms with Gasteiger partial charge in [0, 0.05) is 36.9 Å².